The van der Waals surface area contributed by atoms with E-state index in [1.807, 2.05) is 0 Å². The molecule has 0 bridgehead atoms. The lowest BCUT2D eigenvalue weighted by Gasteiger charge is -2.11. The lowest BCUT2D eigenvalue weighted by Crippen LogP contribution is -2.31. The normalized spacial score (nSPS) is 16.2. The summed E-state index contributed by atoms with van der Waals surface area (Å²) < 4.78 is 18.6. The molecule has 2 aromatic rings. The maximum absolute atomic E-state index is 13.1. The summed E-state index contributed by atoms with van der Waals surface area (Å²) in [5, 5.41) is 3.21. The number of hydrogen-bond acceptors (Lipinski definition) is 2. The summed E-state index contributed by atoms with van der Waals surface area (Å²) in [5.74, 6) is -0.199. The van der Waals surface area contributed by atoms with Crippen LogP contribution in [-0.2, 0) is 11.2 Å². The van der Waals surface area contributed by atoms with Crippen LogP contribution in [0.25, 0.3) is 0 Å². The van der Waals surface area contributed by atoms with E-state index in [2.05, 4.69) is 5.32 Å². The van der Waals surface area contributed by atoms with Crippen molar-refractivity contribution in [3.05, 3.63) is 57.8 Å². The standard InChI is InChI=1S/C15H10Cl2FNO2/c16-9-1-4-13-8(5-9)6-14(21-13)15(20)19-10-2-3-12(18)11(17)7-10/h1-5,7,14H,6H2,(H,19,20). The molecule has 3 rings (SSSR count). The monoisotopic (exact) mass is 325 g/mol. The lowest BCUT2D eigenvalue weighted by molar-refractivity contribution is -0.122. The number of benzene rings is 2. The van der Waals surface area contributed by atoms with E-state index in [0.717, 1.165) is 5.56 Å². The molecule has 0 radical (unpaired) electrons. The van der Waals surface area contributed by atoms with E-state index in [9.17, 15) is 9.18 Å². The van der Waals surface area contributed by atoms with Crippen molar-refractivity contribution in [1.29, 1.82) is 0 Å². The maximum atomic E-state index is 13.1. The summed E-state index contributed by atoms with van der Waals surface area (Å²) in [6.45, 7) is 0. The van der Waals surface area contributed by atoms with Crippen LogP contribution in [0.5, 0.6) is 5.75 Å². The van der Waals surface area contributed by atoms with Crippen molar-refractivity contribution in [3.8, 4) is 5.75 Å². The number of rotatable bonds is 2. The molecule has 2 aromatic carbocycles. The molecule has 0 saturated heterocycles. The van der Waals surface area contributed by atoms with Crippen molar-refractivity contribution < 1.29 is 13.9 Å². The van der Waals surface area contributed by atoms with Crippen LogP contribution in [0.4, 0.5) is 10.1 Å². The van der Waals surface area contributed by atoms with Crippen molar-refractivity contribution >= 4 is 34.8 Å². The highest BCUT2D eigenvalue weighted by Gasteiger charge is 2.29. The first-order chi connectivity index (χ1) is 10.0. The van der Waals surface area contributed by atoms with Crippen molar-refractivity contribution in [3.63, 3.8) is 0 Å². The number of anilines is 1. The van der Waals surface area contributed by atoms with Gasteiger partial charge in [-0.15, -0.1) is 0 Å². The zero-order valence-electron chi connectivity index (χ0n) is 10.7. The molecule has 0 spiro atoms. The van der Waals surface area contributed by atoms with Crippen molar-refractivity contribution in [2.24, 2.45) is 0 Å². The van der Waals surface area contributed by atoms with Crippen LogP contribution < -0.4 is 10.1 Å². The molecule has 1 aliphatic heterocycles. The Morgan fingerprint density at radius 1 is 1.24 bits per heavy atom. The summed E-state index contributed by atoms with van der Waals surface area (Å²) in [4.78, 5) is 12.2. The fraction of sp³-hybridized carbons (Fsp3) is 0.133. The number of amides is 1. The highest BCUT2D eigenvalue weighted by atomic mass is 35.5. The predicted octanol–water partition coefficient (Wildman–Crippen LogP) is 4.07. The Balaban J connectivity index is 1.71. The van der Waals surface area contributed by atoms with Crippen LogP contribution in [0, 0.1) is 5.82 Å². The minimum absolute atomic E-state index is 0.0461. The molecule has 0 aromatic heterocycles. The summed E-state index contributed by atoms with van der Waals surface area (Å²) >= 11 is 11.6. The number of carbonyl (C=O) groups excluding carboxylic acids is 1. The van der Waals surface area contributed by atoms with Gasteiger partial charge in [-0.1, -0.05) is 23.2 Å². The Kier molecular flexibility index (Phi) is 3.74. The molecular formula is C15H10Cl2FNO2. The quantitative estimate of drug-likeness (QED) is 0.903. The van der Waals surface area contributed by atoms with E-state index in [4.69, 9.17) is 27.9 Å². The minimum atomic E-state index is -0.637. The largest absolute Gasteiger partial charge is 0.480 e. The van der Waals surface area contributed by atoms with Gasteiger partial charge in [-0.3, -0.25) is 4.79 Å². The molecule has 1 aliphatic rings. The highest BCUT2D eigenvalue weighted by molar-refractivity contribution is 6.31. The first-order valence-corrected chi connectivity index (χ1v) is 6.99. The molecule has 6 heteroatoms. The van der Waals surface area contributed by atoms with E-state index >= 15 is 0 Å². The van der Waals surface area contributed by atoms with Crippen LogP contribution in [0.15, 0.2) is 36.4 Å². The molecule has 21 heavy (non-hydrogen) atoms. The molecule has 1 amide bonds. The smallest absolute Gasteiger partial charge is 0.265 e. The van der Waals surface area contributed by atoms with Crippen LogP contribution >= 0.6 is 23.2 Å². The average Bonchev–Trinajstić information content (AvgIpc) is 2.86. The van der Waals surface area contributed by atoms with E-state index in [-0.39, 0.29) is 10.9 Å². The summed E-state index contributed by atoms with van der Waals surface area (Å²) in [7, 11) is 0. The van der Waals surface area contributed by atoms with Crippen molar-refractivity contribution in [2.75, 3.05) is 5.32 Å². The first kappa shape index (κ1) is 14.2. The first-order valence-electron chi connectivity index (χ1n) is 6.24. The van der Waals surface area contributed by atoms with E-state index in [1.165, 1.54) is 18.2 Å². The maximum Gasteiger partial charge on any atom is 0.265 e. The Labute approximate surface area is 130 Å². The lowest BCUT2D eigenvalue weighted by atomic mass is 10.1. The predicted molar refractivity (Wildman–Crippen MR) is 79.6 cm³/mol. The SMILES string of the molecule is O=C(Nc1ccc(F)c(Cl)c1)C1Cc2cc(Cl)ccc2O1. The second-order valence-electron chi connectivity index (χ2n) is 4.68. The minimum Gasteiger partial charge on any atom is -0.480 e. The Morgan fingerprint density at radius 2 is 2.05 bits per heavy atom. The van der Waals surface area contributed by atoms with Gasteiger partial charge in [0.05, 0.1) is 5.02 Å². The Morgan fingerprint density at radius 3 is 2.81 bits per heavy atom. The van der Waals surface area contributed by atoms with Crippen LogP contribution in [0.2, 0.25) is 10.0 Å². The van der Waals surface area contributed by atoms with Gasteiger partial charge in [0.2, 0.25) is 0 Å². The molecule has 1 unspecified atom stereocenters. The fourth-order valence-electron chi connectivity index (χ4n) is 2.16. The molecule has 0 saturated carbocycles. The van der Waals surface area contributed by atoms with Crippen molar-refractivity contribution in [1.82, 2.24) is 0 Å². The number of halogens is 3. The molecule has 0 aliphatic carbocycles. The third-order valence-electron chi connectivity index (χ3n) is 3.18. The van der Waals surface area contributed by atoms with E-state index in [1.54, 1.807) is 18.2 Å². The number of ether oxygens (including phenoxy) is 1. The van der Waals surface area contributed by atoms with Crippen LogP contribution in [0.1, 0.15) is 5.56 Å². The van der Waals surface area contributed by atoms with Gasteiger partial charge in [-0.2, -0.15) is 0 Å². The Bertz CT molecular complexity index is 721. The van der Waals surface area contributed by atoms with Gasteiger partial charge in [0, 0.05) is 17.1 Å². The molecule has 0 fully saturated rings. The van der Waals surface area contributed by atoms with Crippen LogP contribution in [-0.4, -0.2) is 12.0 Å². The number of fused-ring (bicyclic) bond motifs is 1. The van der Waals surface area contributed by atoms with E-state index < -0.39 is 11.9 Å². The third-order valence-corrected chi connectivity index (χ3v) is 3.70. The number of nitrogens with one attached hydrogen (secondary N) is 1. The molecule has 1 N–H and O–H groups in total. The topological polar surface area (TPSA) is 38.3 Å². The number of hydrogen-bond donors (Lipinski definition) is 1. The highest BCUT2D eigenvalue weighted by Crippen LogP contribution is 2.31. The summed E-state index contributed by atoms with van der Waals surface area (Å²) in [6.07, 6.45) is -0.196. The van der Waals surface area contributed by atoms with Gasteiger partial charge >= 0.3 is 0 Å². The summed E-state index contributed by atoms with van der Waals surface area (Å²) in [6, 6.07) is 9.22. The van der Waals surface area contributed by atoms with Gasteiger partial charge < -0.3 is 10.1 Å². The zero-order chi connectivity index (χ0) is 15.0. The summed E-state index contributed by atoms with van der Waals surface area (Å²) in [5.41, 5.74) is 1.31. The third kappa shape index (κ3) is 2.96. The van der Waals surface area contributed by atoms with E-state index in [0.29, 0.717) is 22.9 Å². The van der Waals surface area contributed by atoms with Gasteiger partial charge in [0.25, 0.3) is 5.91 Å². The second-order valence-corrected chi connectivity index (χ2v) is 5.52. The second kappa shape index (κ2) is 5.54. The molecule has 1 atom stereocenters. The molecule has 3 nitrogen and oxygen atoms in total. The Hall–Kier alpha value is -1.78. The van der Waals surface area contributed by atoms with Gasteiger partial charge in [0.15, 0.2) is 6.10 Å². The molecule has 1 heterocycles. The fourth-order valence-corrected chi connectivity index (χ4v) is 2.54. The molecular weight excluding hydrogens is 316 g/mol. The number of carbonyl (C=O) groups is 1. The zero-order valence-corrected chi connectivity index (χ0v) is 12.2. The van der Waals surface area contributed by atoms with Crippen molar-refractivity contribution in [2.45, 2.75) is 12.5 Å². The van der Waals surface area contributed by atoms with Crippen LogP contribution in [0.3, 0.4) is 0 Å². The van der Waals surface area contributed by atoms with Gasteiger partial charge in [-0.25, -0.2) is 4.39 Å². The van der Waals surface area contributed by atoms with Gasteiger partial charge in [0.1, 0.15) is 11.6 Å². The average molecular weight is 326 g/mol. The molecule has 108 valence electrons. The van der Waals surface area contributed by atoms with Gasteiger partial charge in [-0.05, 0) is 42.0 Å².